The first-order valence-corrected chi connectivity index (χ1v) is 13.1. The third-order valence-corrected chi connectivity index (χ3v) is 6.52. The number of carbonyl (C=O) groups is 1. The molecule has 204 valence electrons. The van der Waals surface area contributed by atoms with E-state index in [-0.39, 0.29) is 11.5 Å². The smallest absolute Gasteiger partial charge is 0.393 e. The predicted octanol–water partition coefficient (Wildman–Crippen LogP) is 7.55. The maximum atomic E-state index is 13.9. The van der Waals surface area contributed by atoms with E-state index in [1.807, 2.05) is 30.3 Å². The Morgan fingerprint density at radius 2 is 1.62 bits per heavy atom. The number of ether oxygens (including phenoxy) is 1. The van der Waals surface area contributed by atoms with Crippen LogP contribution in [0.25, 0.3) is 22.0 Å². The molecule has 0 saturated heterocycles. The number of amides is 1. The number of H-pyrrole nitrogens is 1. The van der Waals surface area contributed by atoms with Crippen LogP contribution < -0.4 is 10.1 Å². The van der Waals surface area contributed by atoms with Gasteiger partial charge in [0.25, 0.3) is 0 Å². The summed E-state index contributed by atoms with van der Waals surface area (Å²) in [6.45, 7) is 0.530. The number of benzene rings is 3. The van der Waals surface area contributed by atoms with E-state index in [9.17, 15) is 18.0 Å². The first-order chi connectivity index (χ1) is 18.8. The van der Waals surface area contributed by atoms with Crippen LogP contribution in [-0.4, -0.2) is 35.9 Å². The standard InChI is InChI=1S/C31H32F3N3O2/c1-35-29(38)11-7-2-3-8-18-39-26-15-12-23(13-16-26)30(24-14-17-28-25(19-24)21-36-37-28)27(20-31(32,33)34)22-9-5-4-6-10-22/h4-6,9-10,12-17,19,21H,2-3,7-8,11,18,20H2,1H3,(H,35,38)(H,36,37)/b30-27+. The molecule has 0 saturated carbocycles. The molecule has 0 spiro atoms. The molecular weight excluding hydrogens is 503 g/mol. The summed E-state index contributed by atoms with van der Waals surface area (Å²) in [7, 11) is 1.64. The summed E-state index contributed by atoms with van der Waals surface area (Å²) in [5.74, 6) is 0.709. The molecule has 0 aliphatic heterocycles. The van der Waals surface area contributed by atoms with Gasteiger partial charge in [-0.05, 0) is 64.9 Å². The molecule has 1 heterocycles. The van der Waals surface area contributed by atoms with E-state index >= 15 is 0 Å². The Morgan fingerprint density at radius 1 is 0.897 bits per heavy atom. The van der Waals surface area contributed by atoms with E-state index in [1.165, 1.54) is 0 Å². The van der Waals surface area contributed by atoms with E-state index in [4.69, 9.17) is 4.74 Å². The Morgan fingerprint density at radius 3 is 2.33 bits per heavy atom. The van der Waals surface area contributed by atoms with E-state index in [0.29, 0.717) is 41.0 Å². The van der Waals surface area contributed by atoms with Crippen LogP contribution in [0.2, 0.25) is 0 Å². The second-order valence-corrected chi connectivity index (χ2v) is 9.39. The number of fused-ring (bicyclic) bond motifs is 1. The number of nitrogens with one attached hydrogen (secondary N) is 2. The normalized spacial score (nSPS) is 12.3. The lowest BCUT2D eigenvalue weighted by atomic mass is 9.87. The monoisotopic (exact) mass is 535 g/mol. The Labute approximate surface area is 226 Å². The number of allylic oxidation sites excluding steroid dienone is 1. The number of nitrogens with zero attached hydrogens (tertiary/aromatic N) is 1. The van der Waals surface area contributed by atoms with Crippen molar-refractivity contribution in [1.29, 1.82) is 0 Å². The van der Waals surface area contributed by atoms with Gasteiger partial charge in [-0.2, -0.15) is 18.3 Å². The fraction of sp³-hybridized carbons (Fsp3) is 0.290. The number of hydrogen-bond donors (Lipinski definition) is 2. The minimum Gasteiger partial charge on any atom is -0.494 e. The minimum atomic E-state index is -4.39. The summed E-state index contributed by atoms with van der Waals surface area (Å²) in [6.07, 6.45) is 0.348. The number of unbranched alkanes of at least 4 members (excludes halogenated alkanes) is 3. The number of rotatable bonds is 12. The molecular formula is C31H32F3N3O2. The quantitative estimate of drug-likeness (QED) is 0.145. The Kier molecular flexibility index (Phi) is 9.41. The van der Waals surface area contributed by atoms with Gasteiger partial charge in [-0.1, -0.05) is 61.4 Å². The predicted molar refractivity (Wildman–Crippen MR) is 148 cm³/mol. The first-order valence-electron chi connectivity index (χ1n) is 13.1. The van der Waals surface area contributed by atoms with Gasteiger partial charge in [-0.25, -0.2) is 0 Å². The maximum absolute atomic E-state index is 13.9. The second-order valence-electron chi connectivity index (χ2n) is 9.39. The topological polar surface area (TPSA) is 67.0 Å². The third-order valence-electron chi connectivity index (χ3n) is 6.52. The molecule has 4 rings (SSSR count). The van der Waals surface area contributed by atoms with E-state index in [1.54, 1.807) is 55.7 Å². The van der Waals surface area contributed by atoms with Crippen molar-refractivity contribution in [3.63, 3.8) is 0 Å². The lowest BCUT2D eigenvalue weighted by molar-refractivity contribution is -0.123. The van der Waals surface area contributed by atoms with Gasteiger partial charge < -0.3 is 10.1 Å². The van der Waals surface area contributed by atoms with Crippen LogP contribution in [0.4, 0.5) is 13.2 Å². The maximum Gasteiger partial charge on any atom is 0.393 e. The average Bonchev–Trinajstić information content (AvgIpc) is 3.41. The van der Waals surface area contributed by atoms with Crippen LogP contribution in [0.5, 0.6) is 5.75 Å². The van der Waals surface area contributed by atoms with Gasteiger partial charge in [0, 0.05) is 18.9 Å². The summed E-state index contributed by atoms with van der Waals surface area (Å²) < 4.78 is 47.5. The van der Waals surface area contributed by atoms with Crippen molar-refractivity contribution in [1.82, 2.24) is 15.5 Å². The molecule has 1 aromatic heterocycles. The molecule has 0 radical (unpaired) electrons. The minimum absolute atomic E-state index is 0.0510. The Hall–Kier alpha value is -4.07. The van der Waals surface area contributed by atoms with Crippen LogP contribution in [0.15, 0.2) is 79.0 Å². The van der Waals surface area contributed by atoms with Crippen molar-refractivity contribution in [2.24, 2.45) is 0 Å². The number of carbonyl (C=O) groups excluding carboxylic acids is 1. The molecule has 0 unspecified atom stereocenters. The van der Waals surface area contributed by atoms with Crippen molar-refractivity contribution in [2.75, 3.05) is 13.7 Å². The number of halogens is 3. The fourth-order valence-electron chi connectivity index (χ4n) is 4.56. The highest BCUT2D eigenvalue weighted by atomic mass is 19.4. The SMILES string of the molecule is CNC(=O)CCCCCCOc1ccc(/C(=C(/CC(F)(F)F)c2ccccc2)c2ccc3[nH]ncc3c2)cc1. The van der Waals surface area contributed by atoms with Crippen molar-refractivity contribution in [3.8, 4) is 5.75 Å². The van der Waals surface area contributed by atoms with E-state index in [2.05, 4.69) is 15.5 Å². The molecule has 3 aromatic carbocycles. The first kappa shape index (κ1) is 28.0. The molecule has 4 aromatic rings. The highest BCUT2D eigenvalue weighted by molar-refractivity contribution is 6.00. The third kappa shape index (κ3) is 7.96. The summed E-state index contributed by atoms with van der Waals surface area (Å²) >= 11 is 0. The van der Waals surface area contributed by atoms with Crippen molar-refractivity contribution in [2.45, 2.75) is 44.7 Å². The van der Waals surface area contributed by atoms with Crippen LogP contribution in [0.1, 0.15) is 55.2 Å². The average molecular weight is 536 g/mol. The van der Waals surface area contributed by atoms with Gasteiger partial charge in [0.2, 0.25) is 5.91 Å². The van der Waals surface area contributed by atoms with Gasteiger partial charge in [0.1, 0.15) is 5.75 Å². The summed E-state index contributed by atoms with van der Waals surface area (Å²) in [5.41, 5.74) is 3.40. The van der Waals surface area contributed by atoms with Crippen LogP contribution in [0, 0.1) is 0 Å². The van der Waals surface area contributed by atoms with E-state index in [0.717, 1.165) is 36.6 Å². The molecule has 8 heteroatoms. The fourth-order valence-corrected chi connectivity index (χ4v) is 4.56. The van der Waals surface area contributed by atoms with Gasteiger partial charge in [0.15, 0.2) is 0 Å². The summed E-state index contributed by atoms with van der Waals surface area (Å²) in [6, 6.07) is 21.5. The number of hydrogen-bond acceptors (Lipinski definition) is 3. The highest BCUT2D eigenvalue weighted by Crippen LogP contribution is 2.40. The number of alkyl halides is 3. The second kappa shape index (κ2) is 13.1. The molecule has 0 aliphatic carbocycles. The molecule has 0 bridgehead atoms. The number of aromatic amines is 1. The molecule has 0 atom stereocenters. The van der Waals surface area contributed by atoms with Gasteiger partial charge in [-0.15, -0.1) is 0 Å². The van der Waals surface area contributed by atoms with Crippen LogP contribution in [0.3, 0.4) is 0 Å². The Balaban J connectivity index is 1.59. The number of aromatic nitrogens is 2. The highest BCUT2D eigenvalue weighted by Gasteiger charge is 2.31. The molecule has 0 fully saturated rings. The lowest BCUT2D eigenvalue weighted by Gasteiger charge is -2.19. The molecule has 0 aliphatic rings. The molecule has 2 N–H and O–H groups in total. The molecule has 1 amide bonds. The van der Waals surface area contributed by atoms with Gasteiger partial charge in [-0.3, -0.25) is 9.89 Å². The molecule has 5 nitrogen and oxygen atoms in total. The van der Waals surface area contributed by atoms with Gasteiger partial charge >= 0.3 is 6.18 Å². The van der Waals surface area contributed by atoms with Crippen molar-refractivity contribution < 1.29 is 22.7 Å². The summed E-state index contributed by atoms with van der Waals surface area (Å²) in [4.78, 5) is 11.3. The van der Waals surface area contributed by atoms with E-state index < -0.39 is 12.6 Å². The lowest BCUT2D eigenvalue weighted by Crippen LogP contribution is -2.16. The van der Waals surface area contributed by atoms with Crippen LogP contribution in [-0.2, 0) is 4.79 Å². The summed E-state index contributed by atoms with van der Waals surface area (Å²) in [5, 5.41) is 10.4. The van der Waals surface area contributed by atoms with Gasteiger partial charge in [0.05, 0.1) is 24.7 Å². The zero-order chi connectivity index (χ0) is 27.7. The zero-order valence-electron chi connectivity index (χ0n) is 21.9. The van der Waals surface area contributed by atoms with Crippen molar-refractivity contribution in [3.05, 3.63) is 95.7 Å². The molecule has 39 heavy (non-hydrogen) atoms. The van der Waals surface area contributed by atoms with Crippen LogP contribution >= 0.6 is 0 Å². The zero-order valence-corrected chi connectivity index (χ0v) is 21.9. The largest absolute Gasteiger partial charge is 0.494 e. The van der Waals surface area contributed by atoms with Crippen molar-refractivity contribution >= 4 is 28.0 Å². The Bertz CT molecular complexity index is 1390.